The lowest BCUT2D eigenvalue weighted by molar-refractivity contribution is -0.122. The maximum atomic E-state index is 13.3. The third-order valence-electron chi connectivity index (χ3n) is 7.47. The molecule has 1 atom stereocenters. The van der Waals surface area contributed by atoms with Gasteiger partial charge in [0.05, 0.1) is 30.2 Å². The summed E-state index contributed by atoms with van der Waals surface area (Å²) in [4.78, 5) is 24.7. The molecule has 1 aromatic heterocycles. The smallest absolute Gasteiger partial charge is 0.241 e. The number of hydrogen-bond acceptors (Lipinski definition) is 5. The lowest BCUT2D eigenvalue weighted by Crippen LogP contribution is -2.51. The molecule has 1 N–H and O–H groups in total. The SMILES string of the molecule is Cl.Cl.N#Cc1ccc(CC(c2cnc[nH]2)N2CCN(c3cccc(Cl)c3)C(=O)C2)cc1Oc1ccc(-c2ccccc2)cc1. The van der Waals surface area contributed by atoms with Gasteiger partial charge in [-0.05, 0) is 65.6 Å². The van der Waals surface area contributed by atoms with Crippen molar-refractivity contribution in [2.75, 3.05) is 24.5 Å². The molecule has 1 aliphatic rings. The Bertz CT molecular complexity index is 1720. The molecule has 0 radical (unpaired) electrons. The van der Waals surface area contributed by atoms with E-state index in [2.05, 4.69) is 33.1 Å². The zero-order chi connectivity index (χ0) is 28.9. The first-order valence-corrected chi connectivity index (χ1v) is 14.1. The Balaban J connectivity index is 0.00000221. The first-order valence-electron chi connectivity index (χ1n) is 13.7. The average Bonchev–Trinajstić information content (AvgIpc) is 3.56. The monoisotopic (exact) mass is 645 g/mol. The number of ether oxygens (including phenoxy) is 1. The molecule has 10 heteroatoms. The first kappa shape index (κ1) is 32.6. The summed E-state index contributed by atoms with van der Waals surface area (Å²) in [7, 11) is 0. The molecule has 44 heavy (non-hydrogen) atoms. The standard InChI is InChI=1S/C34H28ClN5O2.2ClH/c35-28-7-4-8-29(19-28)40-16-15-39(22-34(40)41)32(31-21-37-23-38-31)17-24-9-10-27(20-36)33(18-24)42-30-13-11-26(12-14-30)25-5-2-1-3-6-25;;/h1-14,18-19,21,23,32H,15-17,22H2,(H,37,38);2*1H. The van der Waals surface area contributed by atoms with E-state index in [0.29, 0.717) is 41.6 Å². The van der Waals surface area contributed by atoms with Gasteiger partial charge in [0, 0.05) is 30.0 Å². The van der Waals surface area contributed by atoms with Crippen LogP contribution in [-0.4, -0.2) is 40.4 Å². The zero-order valence-corrected chi connectivity index (χ0v) is 26.0. The Morgan fingerprint density at radius 3 is 2.39 bits per heavy atom. The van der Waals surface area contributed by atoms with Crippen molar-refractivity contribution in [2.45, 2.75) is 12.5 Å². The number of hydrogen-bond donors (Lipinski definition) is 1. The van der Waals surface area contributed by atoms with E-state index in [9.17, 15) is 10.1 Å². The minimum atomic E-state index is -0.121. The lowest BCUT2D eigenvalue weighted by atomic mass is 9.99. The average molecular weight is 647 g/mol. The fraction of sp³-hybridized carbons (Fsp3) is 0.147. The summed E-state index contributed by atoms with van der Waals surface area (Å²) >= 11 is 6.18. The van der Waals surface area contributed by atoms with Crippen LogP contribution in [0, 0.1) is 11.3 Å². The molecule has 0 bridgehead atoms. The van der Waals surface area contributed by atoms with Crippen molar-refractivity contribution < 1.29 is 9.53 Å². The van der Waals surface area contributed by atoms with Crippen LogP contribution in [0.2, 0.25) is 5.02 Å². The first-order chi connectivity index (χ1) is 20.6. The van der Waals surface area contributed by atoms with Crippen LogP contribution in [0.5, 0.6) is 11.5 Å². The van der Waals surface area contributed by atoms with E-state index >= 15 is 0 Å². The summed E-state index contributed by atoms with van der Waals surface area (Å²) in [6.45, 7) is 1.48. The highest BCUT2D eigenvalue weighted by Gasteiger charge is 2.31. The molecule has 0 spiro atoms. The Hall–Kier alpha value is -4.32. The van der Waals surface area contributed by atoms with Gasteiger partial charge in [0.25, 0.3) is 0 Å². The van der Waals surface area contributed by atoms with Gasteiger partial charge in [-0.25, -0.2) is 4.98 Å². The summed E-state index contributed by atoms with van der Waals surface area (Å²) < 4.78 is 6.21. The topological polar surface area (TPSA) is 85.3 Å². The molecule has 1 saturated heterocycles. The van der Waals surface area contributed by atoms with Crippen molar-refractivity contribution in [3.63, 3.8) is 0 Å². The second-order valence-corrected chi connectivity index (χ2v) is 10.6. The van der Waals surface area contributed by atoms with Crippen LogP contribution in [-0.2, 0) is 11.2 Å². The molecule has 1 fully saturated rings. The maximum absolute atomic E-state index is 13.3. The molecule has 1 unspecified atom stereocenters. The van der Waals surface area contributed by atoms with E-state index in [0.717, 1.165) is 28.1 Å². The van der Waals surface area contributed by atoms with Crippen LogP contribution in [0.1, 0.15) is 22.9 Å². The number of nitrogens with one attached hydrogen (secondary N) is 1. The van der Waals surface area contributed by atoms with Crippen molar-refractivity contribution in [3.8, 4) is 28.7 Å². The Kier molecular flexibility index (Phi) is 11.0. The highest BCUT2D eigenvalue weighted by atomic mass is 35.5. The maximum Gasteiger partial charge on any atom is 0.241 e. The Morgan fingerprint density at radius 2 is 1.70 bits per heavy atom. The van der Waals surface area contributed by atoms with Gasteiger partial charge >= 0.3 is 0 Å². The number of amides is 1. The number of carbonyl (C=O) groups is 1. The molecule has 7 nitrogen and oxygen atoms in total. The predicted molar refractivity (Wildman–Crippen MR) is 178 cm³/mol. The number of benzene rings is 4. The van der Waals surface area contributed by atoms with E-state index < -0.39 is 0 Å². The zero-order valence-electron chi connectivity index (χ0n) is 23.6. The van der Waals surface area contributed by atoms with Crippen LogP contribution >= 0.6 is 36.4 Å². The Labute approximate surface area is 273 Å². The number of piperazine rings is 1. The number of H-pyrrole nitrogens is 1. The van der Waals surface area contributed by atoms with Crippen molar-refractivity contribution in [3.05, 3.63) is 131 Å². The van der Waals surface area contributed by atoms with E-state index in [1.807, 2.05) is 72.8 Å². The van der Waals surface area contributed by atoms with E-state index in [1.165, 1.54) is 0 Å². The number of halogens is 3. The van der Waals surface area contributed by atoms with Gasteiger partial charge in [-0.3, -0.25) is 9.69 Å². The van der Waals surface area contributed by atoms with Gasteiger partial charge in [-0.2, -0.15) is 5.26 Å². The molecule has 224 valence electrons. The van der Waals surface area contributed by atoms with Crippen LogP contribution in [0.4, 0.5) is 5.69 Å². The number of anilines is 1. The third kappa shape index (κ3) is 7.42. The second kappa shape index (κ2) is 14.9. The van der Waals surface area contributed by atoms with Crippen molar-refractivity contribution in [1.29, 1.82) is 5.26 Å². The van der Waals surface area contributed by atoms with Crippen molar-refractivity contribution >= 4 is 48.0 Å². The lowest BCUT2D eigenvalue weighted by Gasteiger charge is -2.38. The highest BCUT2D eigenvalue weighted by molar-refractivity contribution is 6.30. The quantitative estimate of drug-likeness (QED) is 0.185. The van der Waals surface area contributed by atoms with Crippen LogP contribution in [0.3, 0.4) is 0 Å². The second-order valence-electron chi connectivity index (χ2n) is 10.2. The van der Waals surface area contributed by atoms with Crippen molar-refractivity contribution in [1.82, 2.24) is 14.9 Å². The molecule has 0 saturated carbocycles. The van der Waals surface area contributed by atoms with Gasteiger partial charge in [-0.15, -0.1) is 24.8 Å². The highest BCUT2D eigenvalue weighted by Crippen LogP contribution is 2.32. The minimum Gasteiger partial charge on any atom is -0.456 e. The number of aromatic nitrogens is 2. The van der Waals surface area contributed by atoms with Crippen LogP contribution in [0.15, 0.2) is 110 Å². The number of carbonyl (C=O) groups excluding carboxylic acids is 1. The molecule has 4 aromatic carbocycles. The summed E-state index contributed by atoms with van der Waals surface area (Å²) in [5, 5.41) is 10.4. The van der Waals surface area contributed by atoms with Gasteiger partial charge in [0.15, 0.2) is 0 Å². The number of rotatable bonds is 8. The summed E-state index contributed by atoms with van der Waals surface area (Å²) in [6.07, 6.45) is 4.05. The molecular weight excluding hydrogens is 617 g/mol. The van der Waals surface area contributed by atoms with Crippen LogP contribution in [0.25, 0.3) is 11.1 Å². The van der Waals surface area contributed by atoms with Gasteiger partial charge in [0.2, 0.25) is 5.91 Å². The van der Waals surface area contributed by atoms with Gasteiger partial charge < -0.3 is 14.6 Å². The third-order valence-corrected chi connectivity index (χ3v) is 7.71. The van der Waals surface area contributed by atoms with E-state index in [1.54, 1.807) is 29.6 Å². The molecular formula is C34H30Cl3N5O2. The molecule has 1 amide bonds. The van der Waals surface area contributed by atoms with E-state index in [-0.39, 0.29) is 43.3 Å². The number of aromatic amines is 1. The van der Waals surface area contributed by atoms with Crippen molar-refractivity contribution in [2.24, 2.45) is 0 Å². The number of nitrogens with zero attached hydrogens (tertiary/aromatic N) is 4. The van der Waals surface area contributed by atoms with Gasteiger partial charge in [0.1, 0.15) is 17.6 Å². The normalized spacial score (nSPS) is 13.7. The summed E-state index contributed by atoms with van der Waals surface area (Å²) in [5.41, 5.74) is 5.37. The fourth-order valence-corrected chi connectivity index (χ4v) is 5.51. The number of nitriles is 1. The fourth-order valence-electron chi connectivity index (χ4n) is 5.33. The molecule has 5 aromatic rings. The minimum absolute atomic E-state index is 0. The summed E-state index contributed by atoms with van der Waals surface area (Å²) in [5.74, 6) is 1.15. The van der Waals surface area contributed by atoms with E-state index in [4.69, 9.17) is 16.3 Å². The van der Waals surface area contributed by atoms with Gasteiger partial charge in [-0.1, -0.05) is 66.2 Å². The predicted octanol–water partition coefficient (Wildman–Crippen LogP) is 7.87. The molecule has 0 aliphatic carbocycles. The Morgan fingerprint density at radius 1 is 0.932 bits per heavy atom. The summed E-state index contributed by atoms with van der Waals surface area (Å²) in [6, 6.07) is 33.1. The van der Waals surface area contributed by atoms with Crippen LogP contribution < -0.4 is 9.64 Å². The molecule has 2 heterocycles. The number of imidazole rings is 1. The largest absolute Gasteiger partial charge is 0.456 e. The molecule has 1 aliphatic heterocycles. The molecule has 6 rings (SSSR count).